The maximum Gasteiger partial charge on any atom is 0.0244 e. The van der Waals surface area contributed by atoms with E-state index in [1.54, 1.807) is 6.26 Å². The molecule has 0 saturated carbocycles. The minimum atomic E-state index is -0.636. The number of likely N-dealkylation sites (tertiary alicyclic amines) is 1. The van der Waals surface area contributed by atoms with Gasteiger partial charge in [0.15, 0.2) is 0 Å². The third kappa shape index (κ3) is 5.41. The maximum absolute atomic E-state index is 10.9. The maximum atomic E-state index is 10.9. The van der Waals surface area contributed by atoms with Gasteiger partial charge < -0.3 is 10.2 Å². The largest absolute Gasteiger partial charge is 0.314 e. The topological polar surface area (TPSA) is 32.3 Å². The Morgan fingerprint density at radius 1 is 1.44 bits per heavy atom. The average molecular weight is 246 g/mol. The zero-order chi connectivity index (χ0) is 12.0. The van der Waals surface area contributed by atoms with Gasteiger partial charge in [-0.05, 0) is 58.8 Å². The van der Waals surface area contributed by atoms with Gasteiger partial charge in [0.1, 0.15) is 0 Å². The summed E-state index contributed by atoms with van der Waals surface area (Å²) < 4.78 is 10.9. The van der Waals surface area contributed by atoms with Gasteiger partial charge in [-0.1, -0.05) is 0 Å². The first-order valence-electron chi connectivity index (χ1n) is 6.31. The van der Waals surface area contributed by atoms with Crippen LogP contribution in [0.3, 0.4) is 0 Å². The van der Waals surface area contributed by atoms with Crippen molar-refractivity contribution in [3.8, 4) is 0 Å². The van der Waals surface area contributed by atoms with E-state index in [1.165, 1.54) is 25.9 Å². The van der Waals surface area contributed by atoms with Crippen LogP contribution in [0.25, 0.3) is 0 Å². The number of nitrogens with one attached hydrogen (secondary N) is 1. The Hall–Kier alpha value is 0.0700. The molecule has 0 radical (unpaired) electrons. The van der Waals surface area contributed by atoms with Crippen molar-refractivity contribution in [3.63, 3.8) is 0 Å². The third-order valence-corrected chi connectivity index (χ3v) is 4.41. The molecule has 0 aromatic rings. The van der Waals surface area contributed by atoms with E-state index in [1.807, 2.05) is 0 Å². The lowest BCUT2D eigenvalue weighted by Gasteiger charge is -2.33. The number of rotatable bonds is 6. The van der Waals surface area contributed by atoms with Gasteiger partial charge in [-0.15, -0.1) is 0 Å². The van der Waals surface area contributed by atoms with Gasteiger partial charge in [0, 0.05) is 28.9 Å². The number of nitrogens with zero attached hydrogens (tertiary/aromatic N) is 1. The first-order chi connectivity index (χ1) is 7.59. The van der Waals surface area contributed by atoms with Gasteiger partial charge in [0.25, 0.3) is 0 Å². The summed E-state index contributed by atoms with van der Waals surface area (Å²) in [6, 6.07) is 0.610. The second-order valence-electron chi connectivity index (χ2n) is 5.01. The SMILES string of the molecule is CC(NCCCS(C)=O)C1CCN(C)CC1. The summed E-state index contributed by atoms with van der Waals surface area (Å²) >= 11 is 0. The molecule has 0 aromatic heterocycles. The van der Waals surface area contributed by atoms with Crippen molar-refractivity contribution in [2.45, 2.75) is 32.2 Å². The molecule has 2 atom stereocenters. The molecule has 96 valence electrons. The normalized spacial score (nSPS) is 23.2. The number of hydrogen-bond acceptors (Lipinski definition) is 3. The van der Waals surface area contributed by atoms with E-state index in [4.69, 9.17) is 0 Å². The predicted octanol–water partition coefficient (Wildman–Crippen LogP) is 1.07. The molecule has 1 aliphatic heterocycles. The quantitative estimate of drug-likeness (QED) is 0.712. The van der Waals surface area contributed by atoms with E-state index < -0.39 is 10.8 Å². The van der Waals surface area contributed by atoms with E-state index in [-0.39, 0.29) is 0 Å². The molecular formula is C12H26N2OS. The molecule has 1 rings (SSSR count). The van der Waals surface area contributed by atoms with Gasteiger partial charge in [0.05, 0.1) is 0 Å². The highest BCUT2D eigenvalue weighted by molar-refractivity contribution is 7.84. The summed E-state index contributed by atoms with van der Waals surface area (Å²) in [5.74, 6) is 1.65. The molecule has 0 amide bonds. The summed E-state index contributed by atoms with van der Waals surface area (Å²) in [5, 5.41) is 3.57. The summed E-state index contributed by atoms with van der Waals surface area (Å²) in [7, 11) is 1.56. The molecule has 1 saturated heterocycles. The highest BCUT2D eigenvalue weighted by Gasteiger charge is 2.21. The van der Waals surface area contributed by atoms with Gasteiger partial charge in [-0.25, -0.2) is 0 Å². The Morgan fingerprint density at radius 3 is 2.62 bits per heavy atom. The van der Waals surface area contributed by atoms with Crippen molar-refractivity contribution in [3.05, 3.63) is 0 Å². The fourth-order valence-electron chi connectivity index (χ4n) is 2.30. The Kier molecular flexibility index (Phi) is 6.54. The van der Waals surface area contributed by atoms with E-state index >= 15 is 0 Å². The van der Waals surface area contributed by atoms with E-state index in [9.17, 15) is 4.21 Å². The second-order valence-corrected chi connectivity index (χ2v) is 6.57. The van der Waals surface area contributed by atoms with Crippen LogP contribution in [0, 0.1) is 5.92 Å². The van der Waals surface area contributed by atoms with Gasteiger partial charge in [-0.3, -0.25) is 4.21 Å². The van der Waals surface area contributed by atoms with Crippen LogP contribution < -0.4 is 5.32 Å². The number of piperidine rings is 1. The molecule has 1 heterocycles. The van der Waals surface area contributed by atoms with E-state index in [2.05, 4.69) is 24.2 Å². The molecule has 0 spiro atoms. The van der Waals surface area contributed by atoms with Crippen LogP contribution >= 0.6 is 0 Å². The molecular weight excluding hydrogens is 220 g/mol. The molecule has 1 fully saturated rings. The average Bonchev–Trinajstić information content (AvgIpc) is 2.25. The summed E-state index contributed by atoms with van der Waals surface area (Å²) in [6.07, 6.45) is 5.43. The highest BCUT2D eigenvalue weighted by Crippen LogP contribution is 2.19. The molecule has 0 aromatic carbocycles. The minimum Gasteiger partial charge on any atom is -0.314 e. The van der Waals surface area contributed by atoms with Crippen LogP contribution in [0.4, 0.5) is 0 Å². The van der Waals surface area contributed by atoms with Crippen molar-refractivity contribution in [1.29, 1.82) is 0 Å². The molecule has 1 aliphatic rings. The van der Waals surface area contributed by atoms with Crippen molar-refractivity contribution >= 4 is 10.8 Å². The monoisotopic (exact) mass is 246 g/mol. The molecule has 4 heteroatoms. The van der Waals surface area contributed by atoms with Crippen LogP contribution in [-0.2, 0) is 10.8 Å². The van der Waals surface area contributed by atoms with E-state index in [0.29, 0.717) is 6.04 Å². The first-order valence-corrected chi connectivity index (χ1v) is 8.04. The van der Waals surface area contributed by atoms with Crippen LogP contribution in [0.2, 0.25) is 0 Å². The predicted molar refractivity (Wildman–Crippen MR) is 71.2 cm³/mol. The van der Waals surface area contributed by atoms with Crippen molar-refractivity contribution in [1.82, 2.24) is 10.2 Å². The summed E-state index contributed by atoms with van der Waals surface area (Å²) in [5.41, 5.74) is 0. The zero-order valence-electron chi connectivity index (χ0n) is 10.9. The lowest BCUT2D eigenvalue weighted by molar-refractivity contribution is 0.190. The first kappa shape index (κ1) is 14.1. The Labute approximate surface area is 102 Å². The lowest BCUT2D eigenvalue weighted by Crippen LogP contribution is -2.41. The molecule has 2 unspecified atom stereocenters. The molecule has 16 heavy (non-hydrogen) atoms. The Bertz CT molecular complexity index is 215. The Balaban J connectivity index is 2.10. The van der Waals surface area contributed by atoms with Gasteiger partial charge in [-0.2, -0.15) is 0 Å². The fourth-order valence-corrected chi connectivity index (χ4v) is 2.85. The van der Waals surface area contributed by atoms with Crippen LogP contribution in [-0.4, -0.2) is 53.8 Å². The molecule has 1 N–H and O–H groups in total. The standard InChI is InChI=1S/C12H26N2OS/c1-11(13-7-4-10-16(3)15)12-5-8-14(2)9-6-12/h11-13H,4-10H2,1-3H3. The minimum absolute atomic E-state index is 0.610. The molecule has 0 bridgehead atoms. The van der Waals surface area contributed by atoms with Gasteiger partial charge in [0.2, 0.25) is 0 Å². The molecule has 0 aliphatic carbocycles. The fraction of sp³-hybridized carbons (Fsp3) is 1.00. The summed E-state index contributed by atoms with van der Waals surface area (Å²) in [6.45, 7) is 5.76. The van der Waals surface area contributed by atoms with E-state index in [0.717, 1.165) is 24.6 Å². The smallest absolute Gasteiger partial charge is 0.0244 e. The number of hydrogen-bond donors (Lipinski definition) is 1. The van der Waals surface area contributed by atoms with Crippen molar-refractivity contribution in [2.75, 3.05) is 38.7 Å². The van der Waals surface area contributed by atoms with Crippen LogP contribution in [0.15, 0.2) is 0 Å². The van der Waals surface area contributed by atoms with Crippen molar-refractivity contribution < 1.29 is 4.21 Å². The highest BCUT2D eigenvalue weighted by atomic mass is 32.2. The summed E-state index contributed by atoms with van der Waals surface area (Å²) in [4.78, 5) is 2.41. The van der Waals surface area contributed by atoms with Crippen molar-refractivity contribution in [2.24, 2.45) is 5.92 Å². The van der Waals surface area contributed by atoms with Crippen LogP contribution in [0.1, 0.15) is 26.2 Å². The zero-order valence-corrected chi connectivity index (χ0v) is 11.7. The Morgan fingerprint density at radius 2 is 2.06 bits per heavy atom. The third-order valence-electron chi connectivity index (χ3n) is 3.55. The van der Waals surface area contributed by atoms with Crippen LogP contribution in [0.5, 0.6) is 0 Å². The molecule has 3 nitrogen and oxygen atoms in total. The second kappa shape index (κ2) is 7.41. The van der Waals surface area contributed by atoms with Gasteiger partial charge >= 0.3 is 0 Å². The lowest BCUT2D eigenvalue weighted by atomic mass is 9.90.